The quantitative estimate of drug-likeness (QED) is 0.602. The summed E-state index contributed by atoms with van der Waals surface area (Å²) in [5, 5.41) is 19.7. The van der Waals surface area contributed by atoms with E-state index in [-0.39, 0.29) is 23.6 Å². The maximum Gasteiger partial charge on any atom is 0.293 e. The maximum absolute atomic E-state index is 11.8. The van der Waals surface area contributed by atoms with Crippen molar-refractivity contribution in [2.24, 2.45) is 0 Å². The van der Waals surface area contributed by atoms with Gasteiger partial charge >= 0.3 is 0 Å². The van der Waals surface area contributed by atoms with E-state index >= 15 is 0 Å². The van der Waals surface area contributed by atoms with Crippen LogP contribution in [-0.4, -0.2) is 43.4 Å². The van der Waals surface area contributed by atoms with Gasteiger partial charge in [-0.15, -0.1) is 0 Å². The van der Waals surface area contributed by atoms with E-state index in [0.717, 1.165) is 0 Å². The van der Waals surface area contributed by atoms with Crippen LogP contribution in [0.5, 0.6) is 0 Å². The van der Waals surface area contributed by atoms with Gasteiger partial charge in [-0.25, -0.2) is 0 Å². The molecule has 0 saturated carbocycles. The zero-order valence-electron chi connectivity index (χ0n) is 11.7. The predicted octanol–water partition coefficient (Wildman–Crippen LogP) is 1.65. The van der Waals surface area contributed by atoms with Gasteiger partial charge in [0.15, 0.2) is 0 Å². The molecular formula is C13H16N4O3. The molecule has 106 valence electrons. The molecule has 1 amide bonds. The lowest BCUT2D eigenvalue weighted by Crippen LogP contribution is -2.23. The van der Waals surface area contributed by atoms with Crippen molar-refractivity contribution in [3.8, 4) is 6.07 Å². The first-order valence-electron chi connectivity index (χ1n) is 5.96. The molecule has 0 atom stereocenters. The third-order valence-electron chi connectivity index (χ3n) is 2.80. The molecule has 0 radical (unpaired) electrons. The number of nitrogens with zero attached hydrogens (tertiary/aromatic N) is 4. The molecule has 0 fully saturated rings. The lowest BCUT2D eigenvalue weighted by molar-refractivity contribution is -0.384. The van der Waals surface area contributed by atoms with E-state index in [1.165, 1.54) is 17.0 Å². The Morgan fingerprint density at radius 2 is 2.05 bits per heavy atom. The van der Waals surface area contributed by atoms with Crippen LogP contribution in [0.4, 0.5) is 11.4 Å². The van der Waals surface area contributed by atoms with Gasteiger partial charge in [0.2, 0.25) is 0 Å². The summed E-state index contributed by atoms with van der Waals surface area (Å²) < 4.78 is 0. The first-order valence-corrected chi connectivity index (χ1v) is 5.96. The molecule has 0 heterocycles. The van der Waals surface area contributed by atoms with Crippen LogP contribution in [0.2, 0.25) is 0 Å². The fourth-order valence-electron chi connectivity index (χ4n) is 1.72. The van der Waals surface area contributed by atoms with E-state index in [2.05, 4.69) is 0 Å². The number of hydrogen-bond acceptors (Lipinski definition) is 5. The summed E-state index contributed by atoms with van der Waals surface area (Å²) >= 11 is 0. The lowest BCUT2D eigenvalue weighted by atomic mass is 10.1. The van der Waals surface area contributed by atoms with Crippen molar-refractivity contribution in [3.05, 3.63) is 33.9 Å². The minimum Gasteiger partial charge on any atom is -0.368 e. The van der Waals surface area contributed by atoms with Gasteiger partial charge in [0.1, 0.15) is 5.69 Å². The van der Waals surface area contributed by atoms with Gasteiger partial charge in [-0.2, -0.15) is 5.26 Å². The molecule has 0 aliphatic rings. The van der Waals surface area contributed by atoms with Crippen LogP contribution in [-0.2, 0) is 0 Å². The van der Waals surface area contributed by atoms with Crippen molar-refractivity contribution in [2.45, 2.75) is 6.42 Å². The van der Waals surface area contributed by atoms with Crippen LogP contribution in [0, 0.1) is 21.4 Å². The molecule has 1 rings (SSSR count). The van der Waals surface area contributed by atoms with Gasteiger partial charge in [-0.3, -0.25) is 14.9 Å². The second kappa shape index (κ2) is 6.52. The van der Waals surface area contributed by atoms with E-state index in [1.54, 1.807) is 32.1 Å². The smallest absolute Gasteiger partial charge is 0.293 e. The highest BCUT2D eigenvalue weighted by Crippen LogP contribution is 2.28. The molecule has 0 bridgehead atoms. The highest BCUT2D eigenvalue weighted by molar-refractivity contribution is 5.95. The second-order valence-electron chi connectivity index (χ2n) is 4.49. The Hall–Kier alpha value is -2.62. The number of carbonyl (C=O) groups is 1. The number of nitro groups is 1. The molecule has 0 spiro atoms. The van der Waals surface area contributed by atoms with E-state index < -0.39 is 4.92 Å². The first kappa shape index (κ1) is 15.4. The van der Waals surface area contributed by atoms with Gasteiger partial charge in [-0.05, 0) is 12.1 Å². The summed E-state index contributed by atoms with van der Waals surface area (Å²) in [5.41, 5.74) is 0.512. The number of benzene rings is 1. The zero-order valence-corrected chi connectivity index (χ0v) is 11.7. The average molecular weight is 276 g/mol. The Morgan fingerprint density at radius 1 is 1.40 bits per heavy atom. The third kappa shape index (κ3) is 3.45. The van der Waals surface area contributed by atoms with Crippen molar-refractivity contribution in [1.82, 2.24) is 4.90 Å². The van der Waals surface area contributed by atoms with Crippen LogP contribution in [0.15, 0.2) is 18.2 Å². The van der Waals surface area contributed by atoms with Gasteiger partial charge in [0.25, 0.3) is 11.6 Å². The first-order chi connectivity index (χ1) is 9.38. The van der Waals surface area contributed by atoms with E-state index in [0.29, 0.717) is 12.2 Å². The molecule has 20 heavy (non-hydrogen) atoms. The third-order valence-corrected chi connectivity index (χ3v) is 2.80. The van der Waals surface area contributed by atoms with E-state index in [1.807, 2.05) is 6.07 Å². The number of nitriles is 1. The molecular weight excluding hydrogens is 260 g/mol. The predicted molar refractivity (Wildman–Crippen MR) is 74.6 cm³/mol. The van der Waals surface area contributed by atoms with Crippen molar-refractivity contribution in [3.63, 3.8) is 0 Å². The van der Waals surface area contributed by atoms with Crippen LogP contribution in [0.3, 0.4) is 0 Å². The molecule has 1 aromatic carbocycles. The maximum atomic E-state index is 11.8. The summed E-state index contributed by atoms with van der Waals surface area (Å²) in [6.07, 6.45) is 0.270. The summed E-state index contributed by atoms with van der Waals surface area (Å²) in [6.45, 7) is 0.387. The van der Waals surface area contributed by atoms with Gasteiger partial charge in [0, 0.05) is 39.3 Å². The van der Waals surface area contributed by atoms with Crippen LogP contribution in [0.25, 0.3) is 0 Å². The van der Waals surface area contributed by atoms with Crippen LogP contribution < -0.4 is 4.90 Å². The number of rotatable bonds is 5. The Balaban J connectivity index is 3.18. The standard InChI is InChI=1S/C13H16N4O3/c1-15(2)13(18)10-5-6-11(12(9-10)17(19)20)16(3)8-4-7-14/h5-6,9H,4,8H2,1-3H3. The highest BCUT2D eigenvalue weighted by atomic mass is 16.6. The van der Waals surface area contributed by atoms with Gasteiger partial charge in [-0.1, -0.05) is 0 Å². The number of amides is 1. The van der Waals surface area contributed by atoms with Crippen molar-refractivity contribution in [2.75, 3.05) is 32.6 Å². The normalized spacial score (nSPS) is 9.70. The minimum absolute atomic E-state index is 0.141. The Morgan fingerprint density at radius 3 is 2.55 bits per heavy atom. The van der Waals surface area contributed by atoms with Gasteiger partial charge in [0.05, 0.1) is 17.4 Å². The SMILES string of the molecule is CN(C)C(=O)c1ccc(N(C)CCC#N)c([N+](=O)[O-])c1. The number of anilines is 1. The van der Waals surface area contributed by atoms with Crippen LogP contribution in [0.1, 0.15) is 16.8 Å². The Kier molecular flexibility index (Phi) is 5.03. The topological polar surface area (TPSA) is 90.5 Å². The van der Waals surface area contributed by atoms with Crippen molar-refractivity contribution < 1.29 is 9.72 Å². The summed E-state index contributed by atoms with van der Waals surface area (Å²) in [4.78, 5) is 25.4. The fraction of sp³-hybridized carbons (Fsp3) is 0.385. The molecule has 1 aromatic rings. The summed E-state index contributed by atoms with van der Waals surface area (Å²) in [7, 11) is 4.84. The zero-order chi connectivity index (χ0) is 15.3. The average Bonchev–Trinajstić information content (AvgIpc) is 2.42. The monoisotopic (exact) mass is 276 g/mol. The Bertz CT molecular complexity index is 563. The van der Waals surface area contributed by atoms with E-state index in [4.69, 9.17) is 5.26 Å². The second-order valence-corrected chi connectivity index (χ2v) is 4.49. The summed E-state index contributed by atoms with van der Waals surface area (Å²) in [6, 6.07) is 6.34. The number of nitro benzene ring substituents is 1. The molecule has 0 N–H and O–H groups in total. The van der Waals surface area contributed by atoms with Crippen LogP contribution >= 0.6 is 0 Å². The molecule has 0 aliphatic carbocycles. The molecule has 0 aromatic heterocycles. The molecule has 7 nitrogen and oxygen atoms in total. The Labute approximate surface area is 117 Å². The number of hydrogen-bond donors (Lipinski definition) is 0. The highest BCUT2D eigenvalue weighted by Gasteiger charge is 2.20. The molecule has 0 aliphatic heterocycles. The lowest BCUT2D eigenvalue weighted by Gasteiger charge is -2.18. The minimum atomic E-state index is -0.523. The largest absolute Gasteiger partial charge is 0.368 e. The summed E-state index contributed by atoms with van der Waals surface area (Å²) in [5.74, 6) is -0.292. The van der Waals surface area contributed by atoms with Crippen molar-refractivity contribution in [1.29, 1.82) is 5.26 Å². The van der Waals surface area contributed by atoms with Gasteiger partial charge < -0.3 is 9.80 Å². The van der Waals surface area contributed by atoms with E-state index in [9.17, 15) is 14.9 Å². The molecule has 7 heteroatoms. The fourth-order valence-corrected chi connectivity index (χ4v) is 1.72. The number of carbonyl (C=O) groups excluding carboxylic acids is 1. The molecule has 0 saturated heterocycles. The molecule has 0 unspecified atom stereocenters. The van der Waals surface area contributed by atoms with Crippen molar-refractivity contribution >= 4 is 17.3 Å².